The molecule has 0 atom stereocenters. The van der Waals surface area contributed by atoms with E-state index in [-0.39, 0.29) is 12.4 Å². The molecule has 2 aromatic rings. The molecule has 0 aliphatic carbocycles. The number of hydrogen-bond donors (Lipinski definition) is 1. The van der Waals surface area contributed by atoms with Crippen molar-refractivity contribution in [3.05, 3.63) is 53.0 Å². The van der Waals surface area contributed by atoms with E-state index in [2.05, 4.69) is 0 Å². The van der Waals surface area contributed by atoms with Crippen molar-refractivity contribution in [3.63, 3.8) is 0 Å². The van der Waals surface area contributed by atoms with Gasteiger partial charge >= 0.3 is 5.97 Å². The highest BCUT2D eigenvalue weighted by atomic mass is 16.5. The topological polar surface area (TPSA) is 59.7 Å². The molecule has 0 amide bonds. The fourth-order valence-electron chi connectivity index (χ4n) is 1.60. The van der Waals surface area contributed by atoms with E-state index in [0.29, 0.717) is 5.76 Å². The summed E-state index contributed by atoms with van der Waals surface area (Å²) in [5.41, 5.74) is 2.22. The summed E-state index contributed by atoms with van der Waals surface area (Å²) in [6.45, 7) is 4.21. The second kappa shape index (κ2) is 4.96. The van der Waals surface area contributed by atoms with Gasteiger partial charge in [0.05, 0.1) is 0 Å². The van der Waals surface area contributed by atoms with Crippen LogP contribution < -0.4 is 4.74 Å². The molecule has 0 bridgehead atoms. The third-order valence-electron chi connectivity index (χ3n) is 2.80. The van der Waals surface area contributed by atoms with E-state index >= 15 is 0 Å². The van der Waals surface area contributed by atoms with Crippen LogP contribution in [0.2, 0.25) is 0 Å². The quantitative estimate of drug-likeness (QED) is 0.900. The number of carbonyl (C=O) groups is 1. The average Bonchev–Trinajstić information content (AvgIpc) is 2.80. The largest absolute Gasteiger partial charge is 0.485 e. The Hall–Kier alpha value is -2.23. The van der Waals surface area contributed by atoms with E-state index < -0.39 is 5.97 Å². The Labute approximate surface area is 105 Å². The van der Waals surface area contributed by atoms with Gasteiger partial charge in [-0.05, 0) is 43.2 Å². The minimum absolute atomic E-state index is 0.0745. The van der Waals surface area contributed by atoms with Gasteiger partial charge in [0.15, 0.2) is 0 Å². The van der Waals surface area contributed by atoms with Crippen LogP contribution in [-0.2, 0) is 6.61 Å². The first-order valence-corrected chi connectivity index (χ1v) is 5.59. The van der Waals surface area contributed by atoms with Crippen LogP contribution in [0.1, 0.15) is 27.4 Å². The van der Waals surface area contributed by atoms with Crippen molar-refractivity contribution in [1.29, 1.82) is 0 Å². The predicted octanol–water partition coefficient (Wildman–Crippen LogP) is 3.17. The van der Waals surface area contributed by atoms with Crippen molar-refractivity contribution in [3.8, 4) is 5.75 Å². The number of ether oxygens (including phenoxy) is 1. The van der Waals surface area contributed by atoms with Crippen LogP contribution in [0.4, 0.5) is 0 Å². The minimum Gasteiger partial charge on any atom is -0.485 e. The van der Waals surface area contributed by atoms with Gasteiger partial charge in [-0.2, -0.15) is 0 Å². The zero-order valence-electron chi connectivity index (χ0n) is 10.3. The van der Waals surface area contributed by atoms with Crippen molar-refractivity contribution in [2.24, 2.45) is 0 Å². The normalized spacial score (nSPS) is 10.3. The predicted molar refractivity (Wildman–Crippen MR) is 65.9 cm³/mol. The van der Waals surface area contributed by atoms with Gasteiger partial charge in [-0.3, -0.25) is 0 Å². The lowest BCUT2D eigenvalue weighted by Crippen LogP contribution is -1.97. The lowest BCUT2D eigenvalue weighted by molar-refractivity contribution is 0.0658. The van der Waals surface area contributed by atoms with Crippen LogP contribution in [0, 0.1) is 13.8 Å². The van der Waals surface area contributed by atoms with Crippen molar-refractivity contribution in [2.75, 3.05) is 0 Å². The number of rotatable bonds is 4. The first-order chi connectivity index (χ1) is 8.58. The molecular weight excluding hydrogens is 232 g/mol. The van der Waals surface area contributed by atoms with Gasteiger partial charge in [-0.15, -0.1) is 0 Å². The third kappa shape index (κ3) is 2.53. The SMILES string of the molecule is Cc1cccc(OCc2ccc(C(=O)O)o2)c1C. The van der Waals surface area contributed by atoms with E-state index in [0.717, 1.165) is 16.9 Å². The Morgan fingerprint density at radius 2 is 2.06 bits per heavy atom. The molecule has 1 heterocycles. The summed E-state index contributed by atoms with van der Waals surface area (Å²) >= 11 is 0. The first kappa shape index (κ1) is 12.2. The average molecular weight is 246 g/mol. The number of aryl methyl sites for hydroxylation is 1. The van der Waals surface area contributed by atoms with Crippen LogP contribution >= 0.6 is 0 Å². The molecular formula is C14H14O4. The summed E-state index contributed by atoms with van der Waals surface area (Å²) in [6.07, 6.45) is 0. The summed E-state index contributed by atoms with van der Waals surface area (Å²) < 4.78 is 10.7. The van der Waals surface area contributed by atoms with Gasteiger partial charge in [0.2, 0.25) is 5.76 Å². The Morgan fingerprint density at radius 1 is 1.28 bits per heavy atom. The number of carboxylic acids is 1. The first-order valence-electron chi connectivity index (χ1n) is 5.59. The lowest BCUT2D eigenvalue weighted by Gasteiger charge is -2.09. The van der Waals surface area contributed by atoms with Crippen LogP contribution in [0.25, 0.3) is 0 Å². The maximum absolute atomic E-state index is 10.7. The molecule has 0 aliphatic rings. The summed E-state index contributed by atoms with van der Waals surface area (Å²) in [4.78, 5) is 10.7. The zero-order valence-corrected chi connectivity index (χ0v) is 10.3. The van der Waals surface area contributed by atoms with E-state index in [4.69, 9.17) is 14.3 Å². The molecule has 0 aliphatic heterocycles. The van der Waals surface area contributed by atoms with Gasteiger partial charge < -0.3 is 14.3 Å². The molecule has 0 saturated heterocycles. The van der Waals surface area contributed by atoms with Crippen LogP contribution in [-0.4, -0.2) is 11.1 Å². The number of benzene rings is 1. The number of hydrogen-bond acceptors (Lipinski definition) is 3. The summed E-state index contributed by atoms with van der Waals surface area (Å²) in [7, 11) is 0. The molecule has 0 fully saturated rings. The monoisotopic (exact) mass is 246 g/mol. The van der Waals surface area contributed by atoms with E-state index in [9.17, 15) is 4.79 Å². The van der Waals surface area contributed by atoms with Crippen LogP contribution in [0.15, 0.2) is 34.7 Å². The molecule has 1 aromatic carbocycles. The highest BCUT2D eigenvalue weighted by Crippen LogP contribution is 2.22. The smallest absolute Gasteiger partial charge is 0.371 e. The minimum atomic E-state index is -1.08. The second-order valence-electron chi connectivity index (χ2n) is 4.06. The number of aromatic carboxylic acids is 1. The summed E-state index contributed by atoms with van der Waals surface area (Å²) in [6, 6.07) is 8.84. The molecule has 94 valence electrons. The van der Waals surface area contributed by atoms with Crippen LogP contribution in [0.3, 0.4) is 0 Å². The maximum Gasteiger partial charge on any atom is 0.371 e. The van der Waals surface area contributed by atoms with Gasteiger partial charge in [0, 0.05) is 0 Å². The standard InChI is InChI=1S/C14H14O4/c1-9-4-3-5-12(10(9)2)17-8-11-6-7-13(18-11)14(15)16/h3-7H,8H2,1-2H3,(H,15,16). The van der Waals surface area contributed by atoms with Crippen molar-refractivity contribution in [2.45, 2.75) is 20.5 Å². The van der Waals surface area contributed by atoms with E-state index in [1.165, 1.54) is 6.07 Å². The molecule has 18 heavy (non-hydrogen) atoms. The molecule has 2 rings (SSSR count). The summed E-state index contributed by atoms with van der Waals surface area (Å²) in [5.74, 6) is 0.124. The molecule has 4 heteroatoms. The molecule has 0 radical (unpaired) electrons. The molecule has 0 spiro atoms. The Bertz CT molecular complexity index is 569. The summed E-state index contributed by atoms with van der Waals surface area (Å²) in [5, 5.41) is 8.73. The highest BCUT2D eigenvalue weighted by Gasteiger charge is 2.09. The van der Waals surface area contributed by atoms with Gasteiger partial charge in [0.25, 0.3) is 0 Å². The Kier molecular flexibility index (Phi) is 3.37. The van der Waals surface area contributed by atoms with Crippen LogP contribution in [0.5, 0.6) is 5.75 Å². The van der Waals surface area contributed by atoms with Crippen molar-refractivity contribution < 1.29 is 19.1 Å². The fraction of sp³-hybridized carbons (Fsp3) is 0.214. The van der Waals surface area contributed by atoms with Crippen molar-refractivity contribution in [1.82, 2.24) is 0 Å². The molecule has 0 saturated carbocycles. The Balaban J connectivity index is 2.07. The highest BCUT2D eigenvalue weighted by molar-refractivity contribution is 5.84. The molecule has 4 nitrogen and oxygen atoms in total. The van der Waals surface area contributed by atoms with Gasteiger partial charge in [-0.1, -0.05) is 12.1 Å². The fourth-order valence-corrected chi connectivity index (χ4v) is 1.60. The maximum atomic E-state index is 10.7. The molecule has 1 N–H and O–H groups in total. The molecule has 0 unspecified atom stereocenters. The Morgan fingerprint density at radius 3 is 2.72 bits per heavy atom. The second-order valence-corrected chi connectivity index (χ2v) is 4.06. The number of carboxylic acid groups (broad SMARTS) is 1. The lowest BCUT2D eigenvalue weighted by atomic mass is 10.1. The van der Waals surface area contributed by atoms with E-state index in [1.54, 1.807) is 6.07 Å². The zero-order chi connectivity index (χ0) is 13.1. The van der Waals surface area contributed by atoms with Gasteiger partial charge in [0.1, 0.15) is 18.1 Å². The third-order valence-corrected chi connectivity index (χ3v) is 2.80. The van der Waals surface area contributed by atoms with Gasteiger partial charge in [-0.25, -0.2) is 4.79 Å². The van der Waals surface area contributed by atoms with Crippen molar-refractivity contribution >= 4 is 5.97 Å². The van der Waals surface area contributed by atoms with E-state index in [1.807, 2.05) is 32.0 Å². The molecule has 1 aromatic heterocycles. The number of furan rings is 1.